The number of hydrogen-bond acceptors (Lipinski definition) is 3. The number of nitrogens with two attached hydrogens (primary N) is 1. The van der Waals surface area contributed by atoms with Crippen molar-refractivity contribution in [1.82, 2.24) is 0 Å². The zero-order chi connectivity index (χ0) is 14.4. The molecule has 3 N–H and O–H groups in total. The highest BCUT2D eigenvalue weighted by atomic mass is 16.5. The van der Waals surface area contributed by atoms with Crippen molar-refractivity contribution in [3.05, 3.63) is 34.9 Å². The van der Waals surface area contributed by atoms with Gasteiger partial charge in [0.25, 0.3) is 0 Å². The van der Waals surface area contributed by atoms with Gasteiger partial charge in [0.1, 0.15) is 0 Å². The molecule has 1 aromatic rings. The van der Waals surface area contributed by atoms with Gasteiger partial charge in [-0.15, -0.1) is 0 Å². The minimum atomic E-state index is 0.143. The average molecular weight is 276 g/mol. The summed E-state index contributed by atoms with van der Waals surface area (Å²) in [5, 5.41) is 11.7. The number of amidine groups is 1. The summed E-state index contributed by atoms with van der Waals surface area (Å²) in [6, 6.07) is 5.80. The van der Waals surface area contributed by atoms with Crippen molar-refractivity contribution in [3.8, 4) is 0 Å². The van der Waals surface area contributed by atoms with Crippen LogP contribution in [0, 0.1) is 6.92 Å². The molecule has 2 rings (SSSR count). The minimum absolute atomic E-state index is 0.143. The second-order valence-corrected chi connectivity index (χ2v) is 5.55. The van der Waals surface area contributed by atoms with Crippen LogP contribution in [0.2, 0.25) is 0 Å². The summed E-state index contributed by atoms with van der Waals surface area (Å²) >= 11 is 0. The van der Waals surface area contributed by atoms with Gasteiger partial charge in [0.2, 0.25) is 0 Å². The standard InChI is InChI=1S/C16H24N2O2/c1-12-10-13(16(17)18-19)8-9-14(12)11-20-15-6-4-2-3-5-7-15/h8-10,15,19H,2-7,11H2,1H3,(H2,17,18). The Morgan fingerprint density at radius 1 is 1.30 bits per heavy atom. The number of aryl methyl sites for hydroxylation is 1. The normalized spacial score (nSPS) is 17.9. The second-order valence-electron chi connectivity index (χ2n) is 5.55. The quantitative estimate of drug-likeness (QED) is 0.291. The molecule has 20 heavy (non-hydrogen) atoms. The van der Waals surface area contributed by atoms with E-state index in [0.717, 1.165) is 11.1 Å². The van der Waals surface area contributed by atoms with E-state index >= 15 is 0 Å². The van der Waals surface area contributed by atoms with E-state index in [4.69, 9.17) is 15.7 Å². The molecule has 0 atom stereocenters. The Morgan fingerprint density at radius 3 is 2.60 bits per heavy atom. The predicted molar refractivity (Wildman–Crippen MR) is 80.0 cm³/mol. The van der Waals surface area contributed by atoms with Crippen molar-refractivity contribution >= 4 is 5.84 Å². The summed E-state index contributed by atoms with van der Waals surface area (Å²) < 4.78 is 6.05. The van der Waals surface area contributed by atoms with Crippen LogP contribution in [0.25, 0.3) is 0 Å². The summed E-state index contributed by atoms with van der Waals surface area (Å²) in [7, 11) is 0. The van der Waals surface area contributed by atoms with E-state index in [0.29, 0.717) is 12.7 Å². The largest absolute Gasteiger partial charge is 0.409 e. The molecule has 0 heterocycles. The first-order chi connectivity index (χ1) is 9.70. The first kappa shape index (κ1) is 14.9. The Labute approximate surface area is 120 Å². The average Bonchev–Trinajstić information content (AvgIpc) is 2.73. The summed E-state index contributed by atoms with van der Waals surface area (Å²) in [5.41, 5.74) is 8.61. The fraction of sp³-hybridized carbons (Fsp3) is 0.562. The zero-order valence-electron chi connectivity index (χ0n) is 12.1. The van der Waals surface area contributed by atoms with Gasteiger partial charge in [-0.1, -0.05) is 43.0 Å². The summed E-state index contributed by atoms with van der Waals surface area (Å²) in [5.74, 6) is 0.143. The van der Waals surface area contributed by atoms with Gasteiger partial charge in [-0.3, -0.25) is 0 Å². The molecule has 0 saturated heterocycles. The van der Waals surface area contributed by atoms with Gasteiger partial charge in [-0.2, -0.15) is 0 Å². The molecule has 4 heteroatoms. The molecule has 0 aliphatic heterocycles. The molecular formula is C16H24N2O2. The van der Waals surface area contributed by atoms with E-state index in [1.807, 2.05) is 25.1 Å². The highest BCUT2D eigenvalue weighted by Gasteiger charge is 2.13. The molecule has 0 radical (unpaired) electrons. The maximum Gasteiger partial charge on any atom is 0.170 e. The third-order valence-electron chi connectivity index (χ3n) is 4.02. The van der Waals surface area contributed by atoms with E-state index in [9.17, 15) is 0 Å². The van der Waals surface area contributed by atoms with Crippen molar-refractivity contribution in [2.24, 2.45) is 10.9 Å². The number of nitrogens with zero attached hydrogens (tertiary/aromatic N) is 1. The highest BCUT2D eigenvalue weighted by Crippen LogP contribution is 2.21. The molecule has 0 amide bonds. The molecule has 110 valence electrons. The van der Waals surface area contributed by atoms with Crippen LogP contribution < -0.4 is 5.73 Å². The molecule has 1 aliphatic rings. The number of ether oxygens (including phenoxy) is 1. The van der Waals surface area contributed by atoms with E-state index in [2.05, 4.69) is 5.16 Å². The molecular weight excluding hydrogens is 252 g/mol. The van der Waals surface area contributed by atoms with Crippen LogP contribution in [-0.2, 0) is 11.3 Å². The van der Waals surface area contributed by atoms with Crippen LogP contribution in [0.5, 0.6) is 0 Å². The fourth-order valence-corrected chi connectivity index (χ4v) is 2.69. The maximum atomic E-state index is 8.69. The predicted octanol–water partition coefficient (Wildman–Crippen LogP) is 3.33. The molecule has 1 saturated carbocycles. The molecule has 0 aromatic heterocycles. The zero-order valence-corrected chi connectivity index (χ0v) is 12.1. The minimum Gasteiger partial charge on any atom is -0.409 e. The third kappa shape index (κ3) is 3.97. The lowest BCUT2D eigenvalue weighted by atomic mass is 10.0. The lowest BCUT2D eigenvalue weighted by Gasteiger charge is -2.16. The third-order valence-corrected chi connectivity index (χ3v) is 4.02. The first-order valence-electron chi connectivity index (χ1n) is 7.39. The molecule has 1 fully saturated rings. The number of benzene rings is 1. The van der Waals surface area contributed by atoms with Gasteiger partial charge in [-0.25, -0.2) is 0 Å². The van der Waals surface area contributed by atoms with Crippen LogP contribution in [0.3, 0.4) is 0 Å². The van der Waals surface area contributed by atoms with Gasteiger partial charge >= 0.3 is 0 Å². The SMILES string of the molecule is Cc1cc(/C(N)=N/O)ccc1COC1CCCCCC1. The highest BCUT2D eigenvalue weighted by molar-refractivity contribution is 5.97. The van der Waals surface area contributed by atoms with E-state index < -0.39 is 0 Å². The topological polar surface area (TPSA) is 67.8 Å². The number of rotatable bonds is 4. The van der Waals surface area contributed by atoms with Crippen molar-refractivity contribution < 1.29 is 9.94 Å². The molecule has 1 aromatic carbocycles. The van der Waals surface area contributed by atoms with E-state index in [1.165, 1.54) is 44.1 Å². The molecule has 0 unspecified atom stereocenters. The first-order valence-corrected chi connectivity index (χ1v) is 7.39. The van der Waals surface area contributed by atoms with Crippen LogP contribution in [0.4, 0.5) is 0 Å². The monoisotopic (exact) mass is 276 g/mol. The Balaban J connectivity index is 1.95. The van der Waals surface area contributed by atoms with Gasteiger partial charge in [0.05, 0.1) is 12.7 Å². The molecule has 4 nitrogen and oxygen atoms in total. The van der Waals surface area contributed by atoms with Crippen LogP contribution >= 0.6 is 0 Å². The molecule has 0 spiro atoms. The van der Waals surface area contributed by atoms with Crippen molar-refractivity contribution in [2.45, 2.75) is 58.2 Å². The summed E-state index contributed by atoms with van der Waals surface area (Å²) in [6.07, 6.45) is 8.02. The second kappa shape index (κ2) is 7.29. The Kier molecular flexibility index (Phi) is 5.41. The maximum absolute atomic E-state index is 8.69. The molecule has 1 aliphatic carbocycles. The van der Waals surface area contributed by atoms with Crippen molar-refractivity contribution in [1.29, 1.82) is 0 Å². The lowest BCUT2D eigenvalue weighted by molar-refractivity contribution is 0.0307. The Morgan fingerprint density at radius 2 is 2.00 bits per heavy atom. The fourth-order valence-electron chi connectivity index (χ4n) is 2.69. The Hall–Kier alpha value is -1.55. The van der Waals surface area contributed by atoms with E-state index in [1.54, 1.807) is 0 Å². The van der Waals surface area contributed by atoms with Crippen LogP contribution in [0.1, 0.15) is 55.2 Å². The van der Waals surface area contributed by atoms with Gasteiger partial charge in [0.15, 0.2) is 5.84 Å². The van der Waals surface area contributed by atoms with E-state index in [-0.39, 0.29) is 5.84 Å². The van der Waals surface area contributed by atoms with Gasteiger partial charge < -0.3 is 15.7 Å². The van der Waals surface area contributed by atoms with Crippen LogP contribution in [0.15, 0.2) is 23.4 Å². The van der Waals surface area contributed by atoms with Crippen LogP contribution in [-0.4, -0.2) is 17.1 Å². The molecule has 0 bridgehead atoms. The Bertz CT molecular complexity index is 464. The number of oxime groups is 1. The summed E-state index contributed by atoms with van der Waals surface area (Å²) in [6.45, 7) is 2.67. The van der Waals surface area contributed by atoms with Gasteiger partial charge in [0, 0.05) is 5.56 Å². The lowest BCUT2D eigenvalue weighted by Crippen LogP contribution is -2.14. The smallest absolute Gasteiger partial charge is 0.170 e. The van der Waals surface area contributed by atoms with Gasteiger partial charge in [-0.05, 0) is 37.0 Å². The van der Waals surface area contributed by atoms with Crippen molar-refractivity contribution in [3.63, 3.8) is 0 Å². The summed E-state index contributed by atoms with van der Waals surface area (Å²) in [4.78, 5) is 0. The van der Waals surface area contributed by atoms with Crippen molar-refractivity contribution in [2.75, 3.05) is 0 Å². The number of hydrogen-bond donors (Lipinski definition) is 2.